The molecule has 0 atom stereocenters. The van der Waals surface area contributed by atoms with Gasteiger partial charge in [-0.05, 0) is 81.1 Å². The quantitative estimate of drug-likeness (QED) is 0.430. The van der Waals surface area contributed by atoms with Gasteiger partial charge >= 0.3 is 0 Å². The molecule has 7 heteroatoms. The number of carbonyl (C=O) groups excluding carboxylic acids is 1. The first kappa shape index (κ1) is 29.5. The molecule has 2 N–H and O–H groups in total. The highest BCUT2D eigenvalue weighted by Crippen LogP contribution is 2.31. The number of nitrogens with zero attached hydrogens (tertiary/aromatic N) is 5. The van der Waals surface area contributed by atoms with Crippen molar-refractivity contribution in [3.8, 4) is 17.2 Å². The number of nitrogens with two attached hydrogens (primary N) is 1. The fourth-order valence-electron chi connectivity index (χ4n) is 4.95. The Labute approximate surface area is 233 Å². The van der Waals surface area contributed by atoms with Crippen LogP contribution in [0.25, 0.3) is 17.2 Å². The number of likely N-dealkylation sites (tertiary alicyclic amines) is 1. The number of amides is 1. The van der Waals surface area contributed by atoms with Crippen LogP contribution >= 0.6 is 0 Å². The van der Waals surface area contributed by atoms with Gasteiger partial charge in [-0.3, -0.25) is 14.7 Å². The zero-order valence-corrected chi connectivity index (χ0v) is 24.0. The van der Waals surface area contributed by atoms with Crippen LogP contribution in [0.3, 0.4) is 0 Å². The van der Waals surface area contributed by atoms with Crippen molar-refractivity contribution < 1.29 is 4.79 Å². The molecule has 0 spiro atoms. The predicted octanol–water partition coefficient (Wildman–Crippen LogP) is 5.92. The van der Waals surface area contributed by atoms with Crippen LogP contribution in [0.15, 0.2) is 54.4 Å². The molecule has 3 aromatic rings. The highest BCUT2D eigenvalue weighted by molar-refractivity contribution is 5.93. The van der Waals surface area contributed by atoms with E-state index in [1.165, 1.54) is 11.1 Å². The van der Waals surface area contributed by atoms with Gasteiger partial charge in [0.15, 0.2) is 0 Å². The molecule has 1 aromatic carbocycles. The maximum Gasteiger partial charge on any atom is 0.253 e. The Morgan fingerprint density at radius 1 is 1.15 bits per heavy atom. The summed E-state index contributed by atoms with van der Waals surface area (Å²) in [5.41, 5.74) is 13.3. The first-order valence-corrected chi connectivity index (χ1v) is 13.6. The van der Waals surface area contributed by atoms with Crippen molar-refractivity contribution in [3.63, 3.8) is 0 Å². The van der Waals surface area contributed by atoms with Gasteiger partial charge in [-0.1, -0.05) is 37.6 Å². The second-order valence-electron chi connectivity index (χ2n) is 9.99. The number of nitriles is 1. The molecule has 39 heavy (non-hydrogen) atoms. The van der Waals surface area contributed by atoms with Crippen LogP contribution in [0.2, 0.25) is 0 Å². The van der Waals surface area contributed by atoms with Gasteiger partial charge in [-0.2, -0.15) is 5.26 Å². The van der Waals surface area contributed by atoms with Crippen LogP contribution < -0.4 is 5.73 Å². The minimum Gasteiger partial charge on any atom is -0.383 e. The Hall–Kier alpha value is -4.02. The lowest BCUT2D eigenvalue weighted by molar-refractivity contribution is 0.0827. The number of aromatic nitrogens is 2. The van der Waals surface area contributed by atoms with Gasteiger partial charge in [0.05, 0.1) is 5.56 Å². The average Bonchev–Trinajstić information content (AvgIpc) is 2.95. The van der Waals surface area contributed by atoms with Crippen molar-refractivity contribution in [1.82, 2.24) is 19.8 Å². The molecular formula is C32H40N6O. The summed E-state index contributed by atoms with van der Waals surface area (Å²) in [7, 11) is 3.55. The van der Waals surface area contributed by atoms with Crippen LogP contribution in [0.5, 0.6) is 0 Å². The first-order chi connectivity index (χ1) is 18.8. The number of hydrogen-bond donors (Lipinski definition) is 1. The number of benzene rings is 1. The van der Waals surface area contributed by atoms with Gasteiger partial charge in [0.2, 0.25) is 0 Å². The number of rotatable bonds is 6. The summed E-state index contributed by atoms with van der Waals surface area (Å²) in [6.07, 6.45) is 7.89. The number of piperidine rings is 1. The molecule has 1 saturated heterocycles. The monoisotopic (exact) mass is 524 g/mol. The van der Waals surface area contributed by atoms with Crippen molar-refractivity contribution in [3.05, 3.63) is 82.3 Å². The maximum absolute atomic E-state index is 12.2. The Balaban J connectivity index is 0.00000205. The molecule has 7 nitrogen and oxygen atoms in total. The van der Waals surface area contributed by atoms with E-state index in [2.05, 4.69) is 46.1 Å². The molecule has 0 unspecified atom stereocenters. The third-order valence-corrected chi connectivity index (χ3v) is 7.03. The number of carbonyl (C=O) groups is 1. The van der Waals surface area contributed by atoms with E-state index in [-0.39, 0.29) is 11.7 Å². The van der Waals surface area contributed by atoms with E-state index in [0.717, 1.165) is 60.4 Å². The maximum atomic E-state index is 12.2. The number of hydrogen-bond acceptors (Lipinski definition) is 6. The van der Waals surface area contributed by atoms with Crippen molar-refractivity contribution >= 4 is 17.8 Å². The molecule has 1 aliphatic heterocycles. The summed E-state index contributed by atoms with van der Waals surface area (Å²) in [4.78, 5) is 25.0. The van der Waals surface area contributed by atoms with Crippen LogP contribution in [0.4, 0.5) is 5.82 Å². The predicted molar refractivity (Wildman–Crippen MR) is 159 cm³/mol. The van der Waals surface area contributed by atoms with Gasteiger partial charge in [-0.25, -0.2) is 4.98 Å². The Kier molecular flexibility index (Phi) is 10.4. The molecule has 0 radical (unpaired) electrons. The van der Waals surface area contributed by atoms with E-state index in [0.29, 0.717) is 11.5 Å². The Morgan fingerprint density at radius 3 is 2.44 bits per heavy atom. The molecule has 0 aliphatic carbocycles. The van der Waals surface area contributed by atoms with Crippen molar-refractivity contribution in [2.45, 2.75) is 46.5 Å². The highest BCUT2D eigenvalue weighted by Gasteiger charge is 2.21. The molecule has 2 aromatic heterocycles. The minimum atomic E-state index is 0.0359. The normalized spacial score (nSPS) is 14.2. The van der Waals surface area contributed by atoms with Gasteiger partial charge < -0.3 is 10.6 Å². The Bertz CT molecular complexity index is 1350. The molecule has 204 valence electrons. The summed E-state index contributed by atoms with van der Waals surface area (Å²) in [6.45, 7) is 11.1. The topological polar surface area (TPSA) is 99.1 Å². The molecule has 0 saturated carbocycles. The second kappa shape index (κ2) is 13.7. The fraction of sp³-hybridized carbons (Fsp3) is 0.375. The summed E-state index contributed by atoms with van der Waals surface area (Å²) in [5, 5.41) is 9.37. The minimum absolute atomic E-state index is 0.0359. The third kappa shape index (κ3) is 7.30. The van der Waals surface area contributed by atoms with E-state index in [1.54, 1.807) is 37.5 Å². The summed E-state index contributed by atoms with van der Waals surface area (Å²) in [6, 6.07) is 14.0. The lowest BCUT2D eigenvalue weighted by Gasteiger charge is -2.32. The summed E-state index contributed by atoms with van der Waals surface area (Å²) < 4.78 is 0. The van der Waals surface area contributed by atoms with Crippen LogP contribution in [0, 0.1) is 18.3 Å². The van der Waals surface area contributed by atoms with Crippen molar-refractivity contribution in [2.24, 2.45) is 0 Å². The number of anilines is 1. The van der Waals surface area contributed by atoms with E-state index >= 15 is 0 Å². The molecule has 4 rings (SSSR count). The van der Waals surface area contributed by atoms with Gasteiger partial charge in [0, 0.05) is 55.4 Å². The standard InChI is InChI=1S/C30H34N6O.C2H6/c1-20(15-28-21(2)33-12-9-27(28)26-16-25(17-31)29(32)34-18-26)19-36-13-10-23(11-14-36)22-5-7-24(8-6-22)30(37)35(3)4;1-2/h5-9,12,15-16,18,23H,10-11,13-14,19H2,1-4H3,(H2,32,34);1-2H3/b20-15+;. The molecule has 1 aliphatic rings. The molecule has 3 heterocycles. The van der Waals surface area contributed by atoms with Crippen LogP contribution in [-0.4, -0.2) is 59.4 Å². The smallest absolute Gasteiger partial charge is 0.253 e. The van der Waals surface area contributed by atoms with E-state index in [4.69, 9.17) is 5.73 Å². The summed E-state index contributed by atoms with van der Waals surface area (Å²) in [5.74, 6) is 0.795. The lowest BCUT2D eigenvalue weighted by Crippen LogP contribution is -2.34. The second-order valence-corrected chi connectivity index (χ2v) is 9.99. The largest absolute Gasteiger partial charge is 0.383 e. The fourth-order valence-corrected chi connectivity index (χ4v) is 4.95. The number of aryl methyl sites for hydroxylation is 1. The summed E-state index contributed by atoms with van der Waals surface area (Å²) >= 11 is 0. The molecular weight excluding hydrogens is 484 g/mol. The molecule has 1 amide bonds. The SMILES string of the molecule is C/C(=C\c1c(-c2cnc(N)c(C#N)c2)ccnc1C)CN1CCC(c2ccc(C(=O)N(C)C)cc2)CC1.CC. The van der Waals surface area contributed by atoms with Crippen LogP contribution in [0.1, 0.15) is 72.3 Å². The van der Waals surface area contributed by atoms with E-state index < -0.39 is 0 Å². The zero-order chi connectivity index (χ0) is 28.5. The lowest BCUT2D eigenvalue weighted by atomic mass is 9.88. The molecule has 0 bridgehead atoms. The van der Waals surface area contributed by atoms with Gasteiger partial charge in [0.25, 0.3) is 5.91 Å². The highest BCUT2D eigenvalue weighted by atomic mass is 16.2. The van der Waals surface area contributed by atoms with Crippen molar-refractivity contribution in [2.75, 3.05) is 39.5 Å². The third-order valence-electron chi connectivity index (χ3n) is 7.03. The van der Waals surface area contributed by atoms with Gasteiger partial charge in [0.1, 0.15) is 11.9 Å². The van der Waals surface area contributed by atoms with E-state index in [9.17, 15) is 10.1 Å². The van der Waals surface area contributed by atoms with E-state index in [1.807, 2.05) is 39.0 Å². The number of nitrogen functional groups attached to an aromatic ring is 1. The first-order valence-electron chi connectivity index (χ1n) is 13.6. The number of pyridine rings is 2. The van der Waals surface area contributed by atoms with Gasteiger partial charge in [-0.15, -0.1) is 0 Å². The van der Waals surface area contributed by atoms with Crippen LogP contribution in [-0.2, 0) is 0 Å². The zero-order valence-electron chi connectivity index (χ0n) is 24.0. The van der Waals surface area contributed by atoms with Crippen molar-refractivity contribution in [1.29, 1.82) is 5.26 Å². The Morgan fingerprint density at radius 2 is 1.82 bits per heavy atom. The molecule has 1 fully saturated rings. The average molecular weight is 525 g/mol.